The normalized spacial score (nSPS) is 10.1. The van der Waals surface area contributed by atoms with Crippen LogP contribution in [0.3, 0.4) is 0 Å². The number of hydrogen-bond donors (Lipinski definition) is 2. The maximum atomic E-state index is 11.8. The van der Waals surface area contributed by atoms with Gasteiger partial charge in [-0.05, 0) is 30.5 Å². The molecule has 0 bridgehead atoms. The van der Waals surface area contributed by atoms with Gasteiger partial charge in [0.1, 0.15) is 0 Å². The third kappa shape index (κ3) is 2.57. The minimum absolute atomic E-state index is 0.0971. The Labute approximate surface area is 108 Å². The largest absolute Gasteiger partial charge is 0.478 e. The number of rotatable bonds is 3. The lowest BCUT2D eigenvalue weighted by molar-refractivity contribution is 0.0698. The number of anilines is 1. The van der Waals surface area contributed by atoms with Gasteiger partial charge in [-0.25, -0.2) is 4.79 Å². The Kier molecular flexibility index (Phi) is 3.43. The monoisotopic (exact) mass is 261 g/mol. The van der Waals surface area contributed by atoms with Crippen molar-refractivity contribution < 1.29 is 14.7 Å². The summed E-state index contributed by atoms with van der Waals surface area (Å²) in [6.45, 7) is 1.80. The molecule has 1 aromatic carbocycles. The molecule has 0 atom stereocenters. The molecule has 2 aromatic rings. The zero-order chi connectivity index (χ0) is 13.1. The maximum absolute atomic E-state index is 11.8. The SMILES string of the molecule is Cc1ccc(NC(=O)c2cccs2)c(C(=O)O)c1. The molecule has 18 heavy (non-hydrogen) atoms. The molecule has 92 valence electrons. The summed E-state index contributed by atoms with van der Waals surface area (Å²) in [6.07, 6.45) is 0. The van der Waals surface area contributed by atoms with Crippen molar-refractivity contribution in [3.63, 3.8) is 0 Å². The molecule has 4 nitrogen and oxygen atoms in total. The molecule has 1 heterocycles. The summed E-state index contributed by atoms with van der Waals surface area (Å²) >= 11 is 1.31. The van der Waals surface area contributed by atoms with Crippen LogP contribution in [0.25, 0.3) is 0 Å². The molecule has 2 rings (SSSR count). The first kappa shape index (κ1) is 12.3. The van der Waals surface area contributed by atoms with Gasteiger partial charge in [0.2, 0.25) is 0 Å². The van der Waals surface area contributed by atoms with Crippen LogP contribution in [0.5, 0.6) is 0 Å². The lowest BCUT2D eigenvalue weighted by atomic mass is 10.1. The van der Waals surface area contributed by atoms with Gasteiger partial charge in [0.05, 0.1) is 16.1 Å². The van der Waals surface area contributed by atoms with Crippen LogP contribution in [0.15, 0.2) is 35.7 Å². The van der Waals surface area contributed by atoms with Crippen LogP contribution >= 0.6 is 11.3 Å². The second-order valence-electron chi connectivity index (χ2n) is 3.79. The van der Waals surface area contributed by atoms with E-state index in [0.717, 1.165) is 5.56 Å². The van der Waals surface area contributed by atoms with Gasteiger partial charge in [0, 0.05) is 0 Å². The van der Waals surface area contributed by atoms with E-state index in [4.69, 9.17) is 5.11 Å². The molecule has 1 aromatic heterocycles. The molecule has 5 heteroatoms. The number of thiophene rings is 1. The van der Waals surface area contributed by atoms with Gasteiger partial charge in [0.25, 0.3) is 5.91 Å². The number of amides is 1. The van der Waals surface area contributed by atoms with E-state index in [2.05, 4.69) is 5.32 Å². The summed E-state index contributed by atoms with van der Waals surface area (Å²) in [5, 5.41) is 13.5. The number of aryl methyl sites for hydroxylation is 1. The predicted octanol–water partition coefficient (Wildman–Crippen LogP) is 3.01. The molecule has 0 fully saturated rings. The van der Waals surface area contributed by atoms with Gasteiger partial charge >= 0.3 is 5.97 Å². The summed E-state index contributed by atoms with van der Waals surface area (Å²) in [7, 11) is 0. The average Bonchev–Trinajstić information content (AvgIpc) is 2.84. The first-order chi connectivity index (χ1) is 8.58. The first-order valence-corrected chi connectivity index (χ1v) is 6.14. The van der Waals surface area contributed by atoms with Crippen LogP contribution in [0.1, 0.15) is 25.6 Å². The van der Waals surface area contributed by atoms with Crippen LogP contribution in [-0.2, 0) is 0 Å². The number of carbonyl (C=O) groups excluding carboxylic acids is 1. The highest BCUT2D eigenvalue weighted by molar-refractivity contribution is 7.12. The summed E-state index contributed by atoms with van der Waals surface area (Å²) in [6, 6.07) is 8.36. The number of carboxylic acids is 1. The molecule has 0 radical (unpaired) electrons. The summed E-state index contributed by atoms with van der Waals surface area (Å²) in [4.78, 5) is 23.5. The van der Waals surface area contributed by atoms with Crippen molar-refractivity contribution in [1.29, 1.82) is 0 Å². The number of nitrogens with one attached hydrogen (secondary N) is 1. The molecule has 2 N–H and O–H groups in total. The average molecular weight is 261 g/mol. The molecule has 0 spiro atoms. The molecule has 0 aliphatic heterocycles. The van der Waals surface area contributed by atoms with E-state index in [1.165, 1.54) is 17.4 Å². The lowest BCUT2D eigenvalue weighted by Crippen LogP contribution is -2.13. The minimum atomic E-state index is -1.06. The number of carbonyl (C=O) groups is 2. The van der Waals surface area contributed by atoms with Crippen molar-refractivity contribution in [1.82, 2.24) is 0 Å². The molecule has 0 saturated heterocycles. The van der Waals surface area contributed by atoms with Crippen molar-refractivity contribution in [2.24, 2.45) is 0 Å². The van der Waals surface area contributed by atoms with E-state index in [1.807, 2.05) is 0 Å². The highest BCUT2D eigenvalue weighted by Crippen LogP contribution is 2.19. The van der Waals surface area contributed by atoms with E-state index in [0.29, 0.717) is 10.6 Å². The Hall–Kier alpha value is -2.14. The molecule has 0 saturated carbocycles. The Morgan fingerprint density at radius 2 is 2.06 bits per heavy atom. The van der Waals surface area contributed by atoms with E-state index in [-0.39, 0.29) is 11.5 Å². The van der Waals surface area contributed by atoms with Crippen molar-refractivity contribution in [3.8, 4) is 0 Å². The van der Waals surface area contributed by atoms with Gasteiger partial charge in [-0.3, -0.25) is 4.79 Å². The van der Waals surface area contributed by atoms with E-state index in [9.17, 15) is 9.59 Å². The Morgan fingerprint density at radius 1 is 1.28 bits per heavy atom. The summed E-state index contributed by atoms with van der Waals surface area (Å²) < 4.78 is 0. The predicted molar refractivity (Wildman–Crippen MR) is 70.4 cm³/mol. The number of benzene rings is 1. The van der Waals surface area contributed by atoms with Crippen LogP contribution in [-0.4, -0.2) is 17.0 Å². The van der Waals surface area contributed by atoms with E-state index < -0.39 is 5.97 Å². The third-order valence-corrected chi connectivity index (χ3v) is 3.27. The zero-order valence-corrected chi connectivity index (χ0v) is 10.5. The van der Waals surface area contributed by atoms with Crippen molar-refractivity contribution in [3.05, 3.63) is 51.7 Å². The third-order valence-electron chi connectivity index (χ3n) is 2.40. The van der Waals surface area contributed by atoms with Crippen molar-refractivity contribution in [2.45, 2.75) is 6.92 Å². The first-order valence-electron chi connectivity index (χ1n) is 5.27. The molecule has 0 unspecified atom stereocenters. The highest BCUT2D eigenvalue weighted by atomic mass is 32.1. The van der Waals surface area contributed by atoms with Crippen LogP contribution in [0.4, 0.5) is 5.69 Å². The Balaban J connectivity index is 2.29. The molecule has 0 aliphatic carbocycles. The minimum Gasteiger partial charge on any atom is -0.478 e. The van der Waals surface area contributed by atoms with Gasteiger partial charge in [-0.15, -0.1) is 11.3 Å². The van der Waals surface area contributed by atoms with E-state index in [1.54, 1.807) is 36.6 Å². The van der Waals surface area contributed by atoms with Gasteiger partial charge in [-0.2, -0.15) is 0 Å². The number of carboxylic acid groups (broad SMARTS) is 1. The van der Waals surface area contributed by atoms with Crippen LogP contribution in [0.2, 0.25) is 0 Å². The topological polar surface area (TPSA) is 66.4 Å². The van der Waals surface area contributed by atoms with Crippen LogP contribution in [0, 0.1) is 6.92 Å². The smallest absolute Gasteiger partial charge is 0.337 e. The standard InChI is InChI=1S/C13H11NO3S/c1-8-4-5-10(9(7-8)13(16)17)14-12(15)11-3-2-6-18-11/h2-7H,1H3,(H,14,15)(H,16,17). The second-order valence-corrected chi connectivity index (χ2v) is 4.73. The summed E-state index contributed by atoms with van der Waals surface area (Å²) in [5.74, 6) is -1.35. The lowest BCUT2D eigenvalue weighted by Gasteiger charge is -2.08. The maximum Gasteiger partial charge on any atom is 0.337 e. The van der Waals surface area contributed by atoms with Crippen molar-refractivity contribution >= 4 is 28.9 Å². The molecular weight excluding hydrogens is 250 g/mol. The van der Waals surface area contributed by atoms with Gasteiger partial charge in [-0.1, -0.05) is 17.7 Å². The molecular formula is C13H11NO3S. The summed E-state index contributed by atoms with van der Waals surface area (Å²) in [5.41, 5.74) is 1.24. The van der Waals surface area contributed by atoms with Gasteiger partial charge < -0.3 is 10.4 Å². The Morgan fingerprint density at radius 3 is 2.67 bits per heavy atom. The molecule has 0 aliphatic rings. The number of hydrogen-bond acceptors (Lipinski definition) is 3. The second kappa shape index (κ2) is 5.01. The fourth-order valence-electron chi connectivity index (χ4n) is 1.54. The van der Waals surface area contributed by atoms with Crippen molar-refractivity contribution in [2.75, 3.05) is 5.32 Å². The quantitative estimate of drug-likeness (QED) is 0.892. The van der Waals surface area contributed by atoms with Gasteiger partial charge in [0.15, 0.2) is 0 Å². The highest BCUT2D eigenvalue weighted by Gasteiger charge is 2.14. The van der Waals surface area contributed by atoms with Crippen LogP contribution < -0.4 is 5.32 Å². The van der Waals surface area contributed by atoms with E-state index >= 15 is 0 Å². The molecule has 1 amide bonds. The fourth-order valence-corrected chi connectivity index (χ4v) is 2.15. The number of aromatic carboxylic acids is 1. The zero-order valence-electron chi connectivity index (χ0n) is 9.64. The Bertz CT molecular complexity index is 590. The fraction of sp³-hybridized carbons (Fsp3) is 0.0769.